The Morgan fingerprint density at radius 1 is 0.911 bits per heavy atom. The molecule has 0 fully saturated rings. The SMILES string of the molecule is O=C(O)C(F)(F)F.O=C(O)C(F)(F)F.O=C(O)C(F)(F)F.c1ccc(Cn2cc3c(n2)C(CNCc2cccs2)OCC3)nc1. The quantitative estimate of drug-likeness (QED) is 0.268. The van der Waals surface area contributed by atoms with E-state index in [9.17, 15) is 39.5 Å². The fourth-order valence-corrected chi connectivity index (χ4v) is 3.64. The standard InChI is InChI=1S/C18H20N4OS.3C2HF3O2/c1-2-7-20-15(4-1)13-22-12-14-6-8-23-17(18(14)21-22)11-19-10-16-5-3-9-24-16;3*3-2(4,5)1(6)7/h1-5,7,9,12,17,19H,6,8,10-11,13H2;3*(H,6,7). The minimum absolute atomic E-state index is 0.0266. The molecule has 45 heavy (non-hydrogen) atoms. The van der Waals surface area contributed by atoms with Crippen molar-refractivity contribution in [1.82, 2.24) is 20.1 Å². The number of fused-ring (bicyclic) bond motifs is 1. The average Bonchev–Trinajstić information content (AvgIpc) is 3.59. The summed E-state index contributed by atoms with van der Waals surface area (Å²) in [5.74, 6) is -8.27. The van der Waals surface area contributed by atoms with Gasteiger partial charge in [0.05, 0.1) is 24.5 Å². The highest BCUT2D eigenvalue weighted by Crippen LogP contribution is 2.25. The van der Waals surface area contributed by atoms with E-state index < -0.39 is 36.4 Å². The molecule has 1 aliphatic rings. The van der Waals surface area contributed by atoms with Gasteiger partial charge >= 0.3 is 36.4 Å². The summed E-state index contributed by atoms with van der Waals surface area (Å²) in [6.07, 6.45) is -10.3. The van der Waals surface area contributed by atoms with E-state index in [0.717, 1.165) is 37.5 Å². The highest BCUT2D eigenvalue weighted by molar-refractivity contribution is 7.09. The van der Waals surface area contributed by atoms with E-state index in [1.165, 1.54) is 10.4 Å². The van der Waals surface area contributed by atoms with Crippen molar-refractivity contribution in [3.8, 4) is 0 Å². The molecule has 0 saturated heterocycles. The van der Waals surface area contributed by atoms with Crippen LogP contribution in [0.5, 0.6) is 0 Å². The Bertz CT molecular complexity index is 1290. The van der Waals surface area contributed by atoms with Gasteiger partial charge in [0.1, 0.15) is 6.10 Å². The van der Waals surface area contributed by atoms with Gasteiger partial charge in [-0.2, -0.15) is 44.6 Å². The summed E-state index contributed by atoms with van der Waals surface area (Å²) in [5, 5.41) is 31.7. The number of nitrogens with one attached hydrogen (secondary N) is 1. The Labute approximate surface area is 250 Å². The third-order valence-corrected chi connectivity index (χ3v) is 5.73. The van der Waals surface area contributed by atoms with Crippen molar-refractivity contribution in [2.45, 2.75) is 44.1 Å². The summed E-state index contributed by atoms with van der Waals surface area (Å²) in [5.41, 5.74) is 3.38. The van der Waals surface area contributed by atoms with Gasteiger partial charge in [-0.05, 0) is 35.6 Å². The summed E-state index contributed by atoms with van der Waals surface area (Å²) < 4.78 is 103. The summed E-state index contributed by atoms with van der Waals surface area (Å²) in [6, 6.07) is 10.2. The Balaban J connectivity index is 0.000000396. The number of pyridine rings is 1. The molecule has 0 radical (unpaired) electrons. The first-order chi connectivity index (χ1) is 20.7. The molecule has 1 atom stereocenters. The van der Waals surface area contributed by atoms with Gasteiger partial charge in [0.15, 0.2) is 0 Å². The van der Waals surface area contributed by atoms with Gasteiger partial charge in [-0.15, -0.1) is 11.3 Å². The molecule has 4 rings (SSSR count). The van der Waals surface area contributed by atoms with Crippen LogP contribution in [0.2, 0.25) is 0 Å². The van der Waals surface area contributed by atoms with Crippen LogP contribution in [0.4, 0.5) is 39.5 Å². The molecule has 21 heteroatoms. The second kappa shape index (κ2) is 17.3. The first-order valence-corrected chi connectivity index (χ1v) is 12.8. The summed E-state index contributed by atoms with van der Waals surface area (Å²) in [6.45, 7) is 3.11. The zero-order valence-electron chi connectivity index (χ0n) is 22.4. The number of aromatic nitrogens is 3. The van der Waals surface area contributed by atoms with Crippen molar-refractivity contribution in [3.63, 3.8) is 0 Å². The number of alkyl halides is 9. The molecule has 1 aliphatic heterocycles. The molecular formula is C24H23F9N4O7S. The van der Waals surface area contributed by atoms with E-state index >= 15 is 0 Å². The van der Waals surface area contributed by atoms with Crippen molar-refractivity contribution in [2.24, 2.45) is 0 Å². The number of hydrogen-bond acceptors (Lipinski definition) is 8. The number of thiophene rings is 1. The fraction of sp³-hybridized carbons (Fsp3) is 0.375. The number of carbonyl (C=O) groups is 3. The van der Waals surface area contributed by atoms with Crippen molar-refractivity contribution < 1.29 is 74.0 Å². The lowest BCUT2D eigenvalue weighted by atomic mass is 10.1. The first kappa shape index (κ1) is 38.8. The van der Waals surface area contributed by atoms with Crippen molar-refractivity contribution >= 4 is 29.2 Å². The molecule has 250 valence electrons. The minimum Gasteiger partial charge on any atom is -0.475 e. The number of carboxylic acid groups (broad SMARTS) is 3. The smallest absolute Gasteiger partial charge is 0.475 e. The second-order valence-corrected chi connectivity index (χ2v) is 9.32. The zero-order valence-corrected chi connectivity index (χ0v) is 23.2. The third-order valence-electron chi connectivity index (χ3n) is 4.85. The molecule has 1 unspecified atom stereocenters. The predicted molar refractivity (Wildman–Crippen MR) is 135 cm³/mol. The Kier molecular flexibility index (Phi) is 14.9. The second-order valence-electron chi connectivity index (χ2n) is 8.29. The van der Waals surface area contributed by atoms with Crippen LogP contribution in [0.3, 0.4) is 0 Å². The molecule has 3 aromatic rings. The number of carboxylic acids is 3. The molecule has 0 amide bonds. The number of hydrogen-bond donors (Lipinski definition) is 4. The van der Waals surface area contributed by atoms with Gasteiger partial charge in [0.2, 0.25) is 0 Å². The number of ether oxygens (including phenoxy) is 1. The van der Waals surface area contributed by atoms with E-state index in [0.29, 0.717) is 6.54 Å². The predicted octanol–water partition coefficient (Wildman–Crippen LogP) is 4.69. The number of halogens is 9. The third kappa shape index (κ3) is 15.4. The maximum absolute atomic E-state index is 10.6. The van der Waals surface area contributed by atoms with Crippen LogP contribution >= 0.6 is 11.3 Å². The zero-order chi connectivity index (χ0) is 34.4. The maximum atomic E-state index is 10.6. The Hall–Kier alpha value is -4.24. The van der Waals surface area contributed by atoms with Crippen LogP contribution in [-0.2, 0) is 38.6 Å². The molecule has 0 bridgehead atoms. The van der Waals surface area contributed by atoms with E-state index in [-0.39, 0.29) is 6.10 Å². The van der Waals surface area contributed by atoms with Gasteiger partial charge in [0, 0.05) is 30.4 Å². The molecular weight excluding hydrogens is 659 g/mol. The van der Waals surface area contributed by atoms with E-state index in [4.69, 9.17) is 39.5 Å². The Morgan fingerprint density at radius 2 is 1.47 bits per heavy atom. The van der Waals surface area contributed by atoms with Gasteiger partial charge in [0.25, 0.3) is 0 Å². The van der Waals surface area contributed by atoms with Gasteiger partial charge < -0.3 is 25.4 Å². The highest BCUT2D eigenvalue weighted by atomic mass is 32.1. The highest BCUT2D eigenvalue weighted by Gasteiger charge is 2.39. The maximum Gasteiger partial charge on any atom is 0.490 e. The van der Waals surface area contributed by atoms with E-state index in [1.54, 1.807) is 11.3 Å². The topological polar surface area (TPSA) is 164 Å². The lowest BCUT2D eigenvalue weighted by Gasteiger charge is -2.22. The molecule has 3 aromatic heterocycles. The fourth-order valence-electron chi connectivity index (χ4n) is 2.97. The lowest BCUT2D eigenvalue weighted by molar-refractivity contribution is -0.193. The minimum atomic E-state index is -5.08. The first-order valence-electron chi connectivity index (χ1n) is 11.9. The van der Waals surface area contributed by atoms with Crippen LogP contribution < -0.4 is 5.32 Å². The van der Waals surface area contributed by atoms with Crippen LogP contribution in [0.25, 0.3) is 0 Å². The summed E-state index contributed by atoms with van der Waals surface area (Å²) >= 11 is 1.77. The summed E-state index contributed by atoms with van der Waals surface area (Å²) in [7, 11) is 0. The molecule has 0 aliphatic carbocycles. The number of nitrogens with zero attached hydrogens (tertiary/aromatic N) is 3. The largest absolute Gasteiger partial charge is 0.490 e. The van der Waals surface area contributed by atoms with Crippen LogP contribution in [0, 0.1) is 0 Å². The van der Waals surface area contributed by atoms with Crippen LogP contribution in [0.15, 0.2) is 48.1 Å². The van der Waals surface area contributed by atoms with Gasteiger partial charge in [-0.1, -0.05) is 12.1 Å². The number of aliphatic carboxylic acids is 3. The van der Waals surface area contributed by atoms with E-state index in [1.807, 2.05) is 29.1 Å². The monoisotopic (exact) mass is 682 g/mol. The van der Waals surface area contributed by atoms with Crippen molar-refractivity contribution in [3.05, 3.63) is 69.9 Å². The molecule has 11 nitrogen and oxygen atoms in total. The normalized spacial score (nSPS) is 14.3. The van der Waals surface area contributed by atoms with Gasteiger partial charge in [-0.25, -0.2) is 14.4 Å². The van der Waals surface area contributed by atoms with Crippen LogP contribution in [0.1, 0.15) is 27.9 Å². The average molecular weight is 683 g/mol. The van der Waals surface area contributed by atoms with Crippen molar-refractivity contribution in [1.29, 1.82) is 0 Å². The molecule has 4 heterocycles. The molecule has 0 aromatic carbocycles. The van der Waals surface area contributed by atoms with Crippen molar-refractivity contribution in [2.75, 3.05) is 13.2 Å². The molecule has 4 N–H and O–H groups in total. The summed E-state index contributed by atoms with van der Waals surface area (Å²) in [4.78, 5) is 32.4. The van der Waals surface area contributed by atoms with Crippen LogP contribution in [-0.4, -0.2) is 79.7 Å². The van der Waals surface area contributed by atoms with Gasteiger partial charge in [-0.3, -0.25) is 9.67 Å². The lowest BCUT2D eigenvalue weighted by Crippen LogP contribution is -2.27. The van der Waals surface area contributed by atoms with E-state index in [2.05, 4.69) is 34.0 Å². The Morgan fingerprint density at radius 3 is 1.91 bits per heavy atom. The molecule has 0 spiro atoms. The molecule has 0 saturated carbocycles. The number of rotatable bonds is 6.